The molecule has 0 saturated carbocycles. The quantitative estimate of drug-likeness (QED) is 0.788. The first-order valence-corrected chi connectivity index (χ1v) is 10.4. The van der Waals surface area contributed by atoms with Crippen molar-refractivity contribution in [3.8, 4) is 0 Å². The van der Waals surface area contributed by atoms with Crippen molar-refractivity contribution < 1.29 is 13.2 Å². The van der Waals surface area contributed by atoms with Gasteiger partial charge in [-0.3, -0.25) is 9.69 Å². The molecule has 2 aromatic rings. The van der Waals surface area contributed by atoms with E-state index in [4.69, 9.17) is 0 Å². The highest BCUT2D eigenvalue weighted by atomic mass is 32.2. The Kier molecular flexibility index (Phi) is 3.88. The Morgan fingerprint density at radius 2 is 1.84 bits per heavy atom. The van der Waals surface area contributed by atoms with Crippen LogP contribution in [0.2, 0.25) is 0 Å². The molecule has 2 unspecified atom stereocenters. The van der Waals surface area contributed by atoms with Crippen LogP contribution >= 0.6 is 0 Å². The van der Waals surface area contributed by atoms with Crippen LogP contribution in [0.3, 0.4) is 0 Å². The summed E-state index contributed by atoms with van der Waals surface area (Å²) in [6, 6.07) is 7.75. The van der Waals surface area contributed by atoms with Crippen molar-refractivity contribution in [1.29, 1.82) is 0 Å². The number of amides is 1. The zero-order chi connectivity index (χ0) is 17.8. The van der Waals surface area contributed by atoms with Gasteiger partial charge >= 0.3 is 0 Å². The van der Waals surface area contributed by atoms with Crippen molar-refractivity contribution in [3.63, 3.8) is 0 Å². The van der Waals surface area contributed by atoms with Crippen molar-refractivity contribution in [1.82, 2.24) is 14.4 Å². The van der Waals surface area contributed by atoms with Crippen LogP contribution < -0.4 is 0 Å². The van der Waals surface area contributed by atoms with Gasteiger partial charge in [0, 0.05) is 43.3 Å². The molecule has 1 aromatic heterocycles. The van der Waals surface area contributed by atoms with E-state index in [1.54, 1.807) is 4.90 Å². The molecule has 3 heterocycles. The normalized spacial score (nSPS) is 26.1. The van der Waals surface area contributed by atoms with Gasteiger partial charge < -0.3 is 9.47 Å². The van der Waals surface area contributed by atoms with E-state index in [9.17, 15) is 13.2 Å². The fraction of sp³-hybridized carbons (Fsp3) is 0.500. The fourth-order valence-corrected chi connectivity index (χ4v) is 6.32. The molecule has 2 fully saturated rings. The first-order chi connectivity index (χ1) is 11.9. The Morgan fingerprint density at radius 1 is 1.12 bits per heavy atom. The van der Waals surface area contributed by atoms with Crippen LogP contribution in [0.4, 0.5) is 0 Å². The molecule has 0 bridgehead atoms. The average molecular weight is 361 g/mol. The van der Waals surface area contributed by atoms with E-state index in [1.165, 1.54) is 0 Å². The summed E-state index contributed by atoms with van der Waals surface area (Å²) in [5.74, 6) is 0.270. The summed E-state index contributed by atoms with van der Waals surface area (Å²) in [6.45, 7) is 1.31. The lowest BCUT2D eigenvalue weighted by Crippen LogP contribution is -2.59. The molecule has 2 atom stereocenters. The van der Waals surface area contributed by atoms with Gasteiger partial charge in [0.15, 0.2) is 9.84 Å². The van der Waals surface area contributed by atoms with Gasteiger partial charge in [0.25, 0.3) is 0 Å². The minimum absolute atomic E-state index is 0.0246. The summed E-state index contributed by atoms with van der Waals surface area (Å²) in [7, 11) is 0.856. The molecule has 0 aliphatic carbocycles. The van der Waals surface area contributed by atoms with Gasteiger partial charge in [0.1, 0.15) is 0 Å². The molecule has 0 radical (unpaired) electrons. The second-order valence-electron chi connectivity index (χ2n) is 7.24. The third-order valence-electron chi connectivity index (χ3n) is 5.60. The number of nitrogens with zero attached hydrogens (tertiary/aromatic N) is 3. The Bertz CT molecular complexity index is 934. The number of hydrogen-bond donors (Lipinski definition) is 0. The maximum Gasteiger partial charge on any atom is 0.227 e. The van der Waals surface area contributed by atoms with Gasteiger partial charge in [-0.15, -0.1) is 0 Å². The van der Waals surface area contributed by atoms with E-state index < -0.39 is 9.84 Å². The third-order valence-corrected chi connectivity index (χ3v) is 7.29. The maximum absolute atomic E-state index is 13.0. The first-order valence-electron chi connectivity index (χ1n) is 8.59. The predicted molar refractivity (Wildman–Crippen MR) is 97.2 cm³/mol. The molecule has 1 amide bonds. The lowest BCUT2D eigenvalue weighted by atomic mass is 10.0. The lowest BCUT2D eigenvalue weighted by Gasteiger charge is -2.42. The highest BCUT2D eigenvalue weighted by Crippen LogP contribution is 2.27. The SMILES string of the molecule is CN1CCN(C(=O)Cc2cn(C)c3ccccc23)C2CS(=O)(=O)CC21. The van der Waals surface area contributed by atoms with Crippen LogP contribution in [-0.2, 0) is 28.1 Å². The number of aromatic nitrogens is 1. The maximum atomic E-state index is 13.0. The van der Waals surface area contributed by atoms with Crippen molar-refractivity contribution in [2.24, 2.45) is 7.05 Å². The predicted octanol–water partition coefficient (Wildman–Crippen LogP) is 0.660. The van der Waals surface area contributed by atoms with Crippen LogP contribution in [0.5, 0.6) is 0 Å². The van der Waals surface area contributed by atoms with Crippen molar-refractivity contribution in [2.45, 2.75) is 18.5 Å². The number of carbonyl (C=O) groups excluding carboxylic acids is 1. The average Bonchev–Trinajstić information content (AvgIpc) is 3.05. The number of sulfone groups is 1. The summed E-state index contributed by atoms with van der Waals surface area (Å²) in [5, 5.41) is 1.09. The van der Waals surface area contributed by atoms with Crippen molar-refractivity contribution in [3.05, 3.63) is 36.0 Å². The topological polar surface area (TPSA) is 62.6 Å². The van der Waals surface area contributed by atoms with E-state index in [2.05, 4.69) is 4.90 Å². The summed E-state index contributed by atoms with van der Waals surface area (Å²) in [5.41, 5.74) is 2.10. The highest BCUT2D eigenvalue weighted by Gasteiger charge is 2.46. The van der Waals surface area contributed by atoms with E-state index in [0.717, 1.165) is 23.0 Å². The van der Waals surface area contributed by atoms with Crippen molar-refractivity contribution in [2.75, 3.05) is 31.6 Å². The molecule has 7 heteroatoms. The molecule has 2 saturated heterocycles. The van der Waals surface area contributed by atoms with Gasteiger partial charge in [0.2, 0.25) is 5.91 Å². The number of fused-ring (bicyclic) bond motifs is 2. The number of piperazine rings is 1. The molecule has 0 N–H and O–H groups in total. The monoisotopic (exact) mass is 361 g/mol. The third kappa shape index (κ3) is 2.85. The van der Waals surface area contributed by atoms with Crippen LogP contribution in [-0.4, -0.2) is 72.4 Å². The Labute approximate surface area is 147 Å². The van der Waals surface area contributed by atoms with Crippen LogP contribution in [0.15, 0.2) is 30.5 Å². The van der Waals surface area contributed by atoms with Gasteiger partial charge in [0.05, 0.1) is 24.0 Å². The van der Waals surface area contributed by atoms with Crippen LogP contribution in [0, 0.1) is 0 Å². The fourth-order valence-electron chi connectivity index (χ4n) is 4.27. The van der Waals surface area contributed by atoms with Crippen molar-refractivity contribution >= 4 is 26.6 Å². The van der Waals surface area contributed by atoms with E-state index >= 15 is 0 Å². The standard InChI is InChI=1S/C18H23N3O3S/c1-19-7-8-21(17-12-25(23,24)11-16(17)19)18(22)9-13-10-20(2)15-6-4-3-5-14(13)15/h3-6,10,16-17H,7-9,11-12H2,1-2H3. The number of benzene rings is 1. The second kappa shape index (κ2) is 5.85. The van der Waals surface area contributed by atoms with Crippen LogP contribution in [0.1, 0.15) is 5.56 Å². The van der Waals surface area contributed by atoms with Gasteiger partial charge in [-0.05, 0) is 18.7 Å². The van der Waals surface area contributed by atoms with Gasteiger partial charge in [-0.1, -0.05) is 18.2 Å². The number of carbonyl (C=O) groups is 1. The number of hydrogen-bond acceptors (Lipinski definition) is 4. The molecule has 6 nitrogen and oxygen atoms in total. The first kappa shape index (κ1) is 16.6. The minimum Gasteiger partial charge on any atom is -0.350 e. The molecule has 2 aliphatic heterocycles. The Morgan fingerprint density at radius 3 is 2.64 bits per heavy atom. The number of para-hydroxylation sites is 1. The lowest BCUT2D eigenvalue weighted by molar-refractivity contribution is -0.135. The minimum atomic E-state index is -3.07. The van der Waals surface area contributed by atoms with E-state index in [-0.39, 0.29) is 29.5 Å². The Hall–Kier alpha value is -1.86. The highest BCUT2D eigenvalue weighted by molar-refractivity contribution is 7.91. The smallest absolute Gasteiger partial charge is 0.227 e. The van der Waals surface area contributed by atoms with Gasteiger partial charge in [-0.2, -0.15) is 0 Å². The second-order valence-corrected chi connectivity index (χ2v) is 9.39. The Balaban J connectivity index is 1.60. The largest absolute Gasteiger partial charge is 0.350 e. The summed E-state index contributed by atoms with van der Waals surface area (Å²) in [4.78, 5) is 16.9. The molecule has 25 heavy (non-hydrogen) atoms. The van der Waals surface area contributed by atoms with Crippen LogP contribution in [0.25, 0.3) is 10.9 Å². The van der Waals surface area contributed by atoms with E-state index in [1.807, 2.05) is 49.1 Å². The zero-order valence-corrected chi connectivity index (χ0v) is 15.4. The summed E-state index contributed by atoms with van der Waals surface area (Å²) in [6.07, 6.45) is 2.32. The van der Waals surface area contributed by atoms with Gasteiger partial charge in [-0.25, -0.2) is 8.42 Å². The molecule has 0 spiro atoms. The molecule has 1 aromatic carbocycles. The zero-order valence-electron chi connectivity index (χ0n) is 14.6. The van der Waals surface area contributed by atoms with E-state index in [0.29, 0.717) is 13.0 Å². The summed E-state index contributed by atoms with van der Waals surface area (Å²) >= 11 is 0. The molecular formula is C18H23N3O3S. The molecule has 2 aliphatic rings. The summed E-state index contributed by atoms with van der Waals surface area (Å²) < 4.78 is 26.2. The number of rotatable bonds is 2. The number of aryl methyl sites for hydroxylation is 1. The number of likely N-dealkylation sites (N-methyl/N-ethyl adjacent to an activating group) is 1. The molecule has 134 valence electrons. The molecule has 4 rings (SSSR count). The molecular weight excluding hydrogens is 338 g/mol.